The van der Waals surface area contributed by atoms with Crippen molar-refractivity contribution in [3.05, 3.63) is 71.3 Å². The lowest BCUT2D eigenvalue weighted by atomic mass is 9.98. The Labute approximate surface area is 199 Å². The summed E-state index contributed by atoms with van der Waals surface area (Å²) in [5.41, 5.74) is 4.80. The Balaban J connectivity index is 1.31. The summed E-state index contributed by atoms with van der Waals surface area (Å²) < 4.78 is 5.57. The lowest BCUT2D eigenvalue weighted by Crippen LogP contribution is -2.39. The number of carboxylic acid groups (broad SMARTS) is 1. The van der Waals surface area contributed by atoms with Crippen LogP contribution >= 0.6 is 0 Å². The van der Waals surface area contributed by atoms with Crippen LogP contribution in [0.1, 0.15) is 43.2 Å². The number of carbonyl (C=O) groups excluding carboxylic acids is 2. The number of ether oxygens (including phenoxy) is 1. The molecule has 0 aliphatic heterocycles. The van der Waals surface area contributed by atoms with Crippen molar-refractivity contribution in [2.75, 3.05) is 19.7 Å². The summed E-state index contributed by atoms with van der Waals surface area (Å²) in [6.45, 7) is 2.02. The van der Waals surface area contributed by atoms with Crippen molar-refractivity contribution >= 4 is 18.0 Å². The van der Waals surface area contributed by atoms with Crippen molar-refractivity contribution < 1.29 is 24.2 Å². The van der Waals surface area contributed by atoms with Crippen LogP contribution in [0.5, 0.6) is 0 Å². The Morgan fingerprint density at radius 3 is 2.24 bits per heavy atom. The second-order valence-corrected chi connectivity index (χ2v) is 9.02. The van der Waals surface area contributed by atoms with Crippen molar-refractivity contribution in [1.82, 2.24) is 10.6 Å². The number of fused-ring (bicyclic) bond motifs is 3. The summed E-state index contributed by atoms with van der Waals surface area (Å²) in [5, 5.41) is 14.4. The molecule has 4 rings (SSSR count). The molecule has 3 N–H and O–H groups in total. The molecule has 1 unspecified atom stereocenters. The molecule has 2 aromatic carbocycles. The van der Waals surface area contributed by atoms with Crippen LogP contribution in [0.25, 0.3) is 11.1 Å². The highest BCUT2D eigenvalue weighted by atomic mass is 16.5. The van der Waals surface area contributed by atoms with Gasteiger partial charge in [-0.05, 0) is 41.5 Å². The van der Waals surface area contributed by atoms with Crippen LogP contribution in [0, 0.1) is 11.8 Å². The van der Waals surface area contributed by atoms with Gasteiger partial charge in [0.05, 0.1) is 5.92 Å². The minimum Gasteiger partial charge on any atom is -0.478 e. The molecule has 1 atom stereocenters. The zero-order valence-electron chi connectivity index (χ0n) is 19.3. The van der Waals surface area contributed by atoms with Gasteiger partial charge in [0.1, 0.15) is 6.61 Å². The summed E-state index contributed by atoms with van der Waals surface area (Å²) in [4.78, 5) is 36.0. The molecule has 2 aliphatic carbocycles. The van der Waals surface area contributed by atoms with Gasteiger partial charge in [-0.3, -0.25) is 4.79 Å². The predicted molar refractivity (Wildman–Crippen MR) is 128 cm³/mol. The summed E-state index contributed by atoms with van der Waals surface area (Å²) in [6, 6.07) is 16.3. The minimum atomic E-state index is -1.01. The molecular weight excluding hydrogens is 432 g/mol. The van der Waals surface area contributed by atoms with Crippen LogP contribution in [0.3, 0.4) is 0 Å². The smallest absolute Gasteiger partial charge is 0.407 e. The molecule has 2 aliphatic rings. The molecule has 178 valence electrons. The van der Waals surface area contributed by atoms with E-state index in [1.807, 2.05) is 24.3 Å². The molecule has 2 amide bonds. The van der Waals surface area contributed by atoms with Crippen LogP contribution in [-0.4, -0.2) is 42.8 Å². The van der Waals surface area contributed by atoms with Gasteiger partial charge in [-0.2, -0.15) is 0 Å². The third kappa shape index (κ3) is 5.65. The topological polar surface area (TPSA) is 105 Å². The zero-order valence-corrected chi connectivity index (χ0v) is 19.3. The third-order valence-electron chi connectivity index (χ3n) is 6.54. The van der Waals surface area contributed by atoms with Gasteiger partial charge in [0, 0.05) is 24.6 Å². The van der Waals surface area contributed by atoms with E-state index in [1.54, 1.807) is 0 Å². The van der Waals surface area contributed by atoms with E-state index in [4.69, 9.17) is 9.84 Å². The number of hydrogen-bond donors (Lipinski definition) is 3. The average Bonchev–Trinajstić information content (AvgIpc) is 3.60. The molecule has 0 heterocycles. The normalized spacial score (nSPS) is 15.7. The number of hydrogen-bond acceptors (Lipinski definition) is 4. The quantitative estimate of drug-likeness (QED) is 0.462. The number of aliphatic carboxylic acids is 1. The molecule has 1 saturated carbocycles. The highest BCUT2D eigenvalue weighted by Crippen LogP contribution is 2.44. The third-order valence-corrected chi connectivity index (χ3v) is 6.54. The van der Waals surface area contributed by atoms with Gasteiger partial charge in [-0.25, -0.2) is 9.59 Å². The monoisotopic (exact) mass is 462 g/mol. The van der Waals surface area contributed by atoms with E-state index in [-0.39, 0.29) is 43.0 Å². The molecule has 0 spiro atoms. The SMILES string of the molecule is C/C(=C\CNC(=O)C(CNC(=O)OCC1c2ccccc2-c2ccccc21)CC1CC1)C(=O)O. The number of nitrogens with one attached hydrogen (secondary N) is 2. The highest BCUT2D eigenvalue weighted by Gasteiger charge is 2.31. The summed E-state index contributed by atoms with van der Waals surface area (Å²) in [5.74, 6) is -1.11. The van der Waals surface area contributed by atoms with Crippen molar-refractivity contribution in [3.63, 3.8) is 0 Å². The van der Waals surface area contributed by atoms with Gasteiger partial charge < -0.3 is 20.5 Å². The van der Waals surface area contributed by atoms with E-state index in [0.717, 1.165) is 24.0 Å². The second-order valence-electron chi connectivity index (χ2n) is 9.02. The maximum Gasteiger partial charge on any atom is 0.407 e. The van der Waals surface area contributed by atoms with E-state index in [2.05, 4.69) is 34.9 Å². The van der Waals surface area contributed by atoms with Gasteiger partial charge in [0.2, 0.25) is 5.91 Å². The van der Waals surface area contributed by atoms with Gasteiger partial charge in [0.15, 0.2) is 0 Å². The second kappa shape index (κ2) is 10.5. The Morgan fingerprint density at radius 1 is 1.03 bits per heavy atom. The van der Waals surface area contributed by atoms with Crippen molar-refractivity contribution in [3.8, 4) is 11.1 Å². The van der Waals surface area contributed by atoms with E-state index in [0.29, 0.717) is 12.3 Å². The van der Waals surface area contributed by atoms with Crippen LogP contribution in [0.2, 0.25) is 0 Å². The highest BCUT2D eigenvalue weighted by molar-refractivity contribution is 5.86. The Hall–Kier alpha value is -3.61. The number of alkyl carbamates (subject to hydrolysis) is 1. The molecule has 2 aromatic rings. The fourth-order valence-corrected chi connectivity index (χ4v) is 4.43. The van der Waals surface area contributed by atoms with Crippen molar-refractivity contribution in [1.29, 1.82) is 0 Å². The number of carbonyl (C=O) groups is 3. The number of carboxylic acids is 1. The zero-order chi connectivity index (χ0) is 24.1. The summed E-state index contributed by atoms with van der Waals surface area (Å²) in [6.07, 6.45) is 3.79. The van der Waals surface area contributed by atoms with Gasteiger partial charge in [-0.15, -0.1) is 0 Å². The first-order valence-electron chi connectivity index (χ1n) is 11.7. The van der Waals surface area contributed by atoms with Crippen LogP contribution in [-0.2, 0) is 14.3 Å². The fourth-order valence-electron chi connectivity index (χ4n) is 4.43. The molecule has 1 fully saturated rings. The number of benzene rings is 2. The first-order chi connectivity index (χ1) is 16.4. The minimum absolute atomic E-state index is 0.0204. The number of amides is 2. The van der Waals surface area contributed by atoms with Crippen LogP contribution in [0.15, 0.2) is 60.2 Å². The molecule has 0 bridgehead atoms. The van der Waals surface area contributed by atoms with Gasteiger partial charge >= 0.3 is 12.1 Å². The van der Waals surface area contributed by atoms with E-state index < -0.39 is 12.1 Å². The standard InChI is InChI=1S/C27H30N2O5/c1-17(26(31)32)12-13-28-25(30)19(14-18-10-11-18)15-29-27(33)34-16-24-22-8-4-2-6-20(22)21-7-3-5-9-23(21)24/h2-9,12,18-19,24H,10-11,13-16H2,1H3,(H,28,30)(H,29,33)(H,31,32)/b17-12+. The Kier molecular flexibility index (Phi) is 7.30. The van der Waals surface area contributed by atoms with Crippen LogP contribution < -0.4 is 10.6 Å². The first kappa shape index (κ1) is 23.5. The molecule has 0 radical (unpaired) electrons. The fraction of sp³-hybridized carbons (Fsp3) is 0.370. The maximum absolute atomic E-state index is 12.6. The Bertz CT molecular complexity index is 1060. The van der Waals surface area contributed by atoms with Crippen LogP contribution in [0.4, 0.5) is 4.79 Å². The molecule has 0 aromatic heterocycles. The first-order valence-corrected chi connectivity index (χ1v) is 11.7. The molecule has 0 saturated heterocycles. The Morgan fingerprint density at radius 2 is 1.65 bits per heavy atom. The van der Waals surface area contributed by atoms with Crippen molar-refractivity contribution in [2.45, 2.75) is 32.1 Å². The van der Waals surface area contributed by atoms with E-state index in [9.17, 15) is 14.4 Å². The maximum atomic E-state index is 12.6. The lowest BCUT2D eigenvalue weighted by molar-refractivity contribution is -0.132. The molecule has 34 heavy (non-hydrogen) atoms. The average molecular weight is 463 g/mol. The molecule has 7 heteroatoms. The van der Waals surface area contributed by atoms with Gasteiger partial charge in [0.25, 0.3) is 0 Å². The predicted octanol–water partition coefficient (Wildman–Crippen LogP) is 4.09. The van der Waals surface area contributed by atoms with Crippen molar-refractivity contribution in [2.24, 2.45) is 11.8 Å². The molecular formula is C27H30N2O5. The summed E-state index contributed by atoms with van der Waals surface area (Å²) in [7, 11) is 0. The largest absolute Gasteiger partial charge is 0.478 e. The number of rotatable bonds is 10. The molecule has 7 nitrogen and oxygen atoms in total. The van der Waals surface area contributed by atoms with Gasteiger partial charge in [-0.1, -0.05) is 67.4 Å². The lowest BCUT2D eigenvalue weighted by Gasteiger charge is -2.18. The van der Waals surface area contributed by atoms with E-state index >= 15 is 0 Å². The summed E-state index contributed by atoms with van der Waals surface area (Å²) >= 11 is 0. The van der Waals surface area contributed by atoms with E-state index in [1.165, 1.54) is 24.1 Å².